The number of amides is 1. The van der Waals surface area contributed by atoms with Gasteiger partial charge in [0.15, 0.2) is 17.3 Å². The third kappa shape index (κ3) is 4.68. The Morgan fingerprint density at radius 3 is 2.62 bits per heavy atom. The van der Waals surface area contributed by atoms with Gasteiger partial charge in [0.05, 0.1) is 11.6 Å². The Morgan fingerprint density at radius 2 is 1.90 bits per heavy atom. The summed E-state index contributed by atoms with van der Waals surface area (Å²) in [5, 5.41) is 2.79. The monoisotopic (exact) mass is 402 g/mol. The Morgan fingerprint density at radius 1 is 1.14 bits per heavy atom. The van der Waals surface area contributed by atoms with Gasteiger partial charge in [-0.25, -0.2) is 9.59 Å². The van der Waals surface area contributed by atoms with Crippen LogP contribution in [0.25, 0.3) is 0 Å². The van der Waals surface area contributed by atoms with Gasteiger partial charge in [-0.2, -0.15) is 0 Å². The first-order valence-electron chi connectivity index (χ1n) is 9.05. The Kier molecular flexibility index (Phi) is 6.06. The maximum atomic E-state index is 12.7. The highest BCUT2D eigenvalue weighted by atomic mass is 16.7. The summed E-state index contributed by atoms with van der Waals surface area (Å²) in [6, 6.07) is 4.02. The van der Waals surface area contributed by atoms with Crippen LogP contribution in [0.15, 0.2) is 42.2 Å². The van der Waals surface area contributed by atoms with E-state index in [1.807, 2.05) is 0 Å². The number of ketones is 1. The van der Waals surface area contributed by atoms with Crippen LogP contribution < -0.4 is 14.8 Å². The molecule has 0 aliphatic carbocycles. The molecule has 0 saturated carbocycles. The molecule has 1 N–H and O–H groups in total. The van der Waals surface area contributed by atoms with E-state index in [4.69, 9.17) is 18.9 Å². The Bertz CT molecular complexity index is 878. The van der Waals surface area contributed by atoms with Gasteiger partial charge in [0.2, 0.25) is 13.1 Å². The predicted molar refractivity (Wildman–Crippen MR) is 101 cm³/mol. The lowest BCUT2D eigenvalue weighted by molar-refractivity contribution is -0.161. The molecule has 1 amide bonds. The van der Waals surface area contributed by atoms with Crippen LogP contribution in [-0.2, 0) is 14.3 Å². The first kappa shape index (κ1) is 20.2. The van der Waals surface area contributed by atoms with E-state index in [1.165, 1.54) is 20.2 Å². The van der Waals surface area contributed by atoms with E-state index in [1.54, 1.807) is 37.4 Å². The largest absolute Gasteiger partial charge is 0.454 e. The standard InChI is InChI=1S/C20H22N2O7/c1-12(18(23)14-6-7-16-17(9-14)27-11-26-16)22(3)20(25)29-13(2)28-19(24)15-5-4-8-21-10-15/h4,6-10,12-13,21H,5,11H2,1-3H3. The molecule has 0 bridgehead atoms. The van der Waals surface area contributed by atoms with Crippen molar-refractivity contribution in [1.82, 2.24) is 10.2 Å². The summed E-state index contributed by atoms with van der Waals surface area (Å²) in [6.07, 6.45) is 3.51. The number of likely N-dealkylation sites (N-methyl/N-ethyl adjacent to an activating group) is 1. The van der Waals surface area contributed by atoms with Gasteiger partial charge < -0.3 is 29.2 Å². The zero-order valence-electron chi connectivity index (χ0n) is 16.3. The summed E-state index contributed by atoms with van der Waals surface area (Å²) in [7, 11) is 1.44. The smallest absolute Gasteiger partial charge is 0.413 e. The van der Waals surface area contributed by atoms with E-state index < -0.39 is 24.4 Å². The van der Waals surface area contributed by atoms with Gasteiger partial charge in [-0.1, -0.05) is 6.08 Å². The van der Waals surface area contributed by atoms with Crippen LogP contribution in [0.5, 0.6) is 11.5 Å². The number of nitrogens with one attached hydrogen (secondary N) is 1. The van der Waals surface area contributed by atoms with Crippen molar-refractivity contribution >= 4 is 17.8 Å². The zero-order chi connectivity index (χ0) is 21.0. The first-order valence-corrected chi connectivity index (χ1v) is 9.05. The molecular formula is C20H22N2O7. The molecule has 2 heterocycles. The summed E-state index contributed by atoms with van der Waals surface area (Å²) in [5.74, 6) is 0.165. The summed E-state index contributed by atoms with van der Waals surface area (Å²) in [5.41, 5.74) is 0.792. The number of benzene rings is 1. The van der Waals surface area contributed by atoms with Crippen LogP contribution in [0, 0.1) is 0 Å². The van der Waals surface area contributed by atoms with Crippen LogP contribution >= 0.6 is 0 Å². The van der Waals surface area contributed by atoms with Gasteiger partial charge in [-0.05, 0) is 31.3 Å². The summed E-state index contributed by atoms with van der Waals surface area (Å²) in [4.78, 5) is 38.2. The molecule has 2 atom stereocenters. The average molecular weight is 402 g/mol. The topological polar surface area (TPSA) is 103 Å². The number of hydrogen-bond acceptors (Lipinski definition) is 8. The van der Waals surface area contributed by atoms with Crippen molar-refractivity contribution < 1.29 is 33.3 Å². The second-order valence-corrected chi connectivity index (χ2v) is 6.52. The number of ether oxygens (including phenoxy) is 4. The Hall–Kier alpha value is -3.49. The van der Waals surface area contributed by atoms with Crippen molar-refractivity contribution in [2.45, 2.75) is 32.6 Å². The number of esters is 1. The molecule has 2 aliphatic rings. The number of fused-ring (bicyclic) bond motifs is 1. The Labute approximate surface area is 167 Å². The molecule has 0 saturated heterocycles. The van der Waals surface area contributed by atoms with Crippen LogP contribution in [0.4, 0.5) is 4.79 Å². The highest BCUT2D eigenvalue weighted by Gasteiger charge is 2.28. The number of carbonyl (C=O) groups excluding carboxylic acids is 3. The number of allylic oxidation sites excluding steroid dienone is 1. The third-order valence-electron chi connectivity index (χ3n) is 4.52. The van der Waals surface area contributed by atoms with Crippen LogP contribution in [-0.4, -0.2) is 48.9 Å². The minimum absolute atomic E-state index is 0.106. The fourth-order valence-electron chi connectivity index (χ4n) is 2.70. The molecular weight excluding hydrogens is 380 g/mol. The number of Topliss-reactive ketones (excluding diaryl/α,β-unsaturated/α-hetero) is 1. The SMILES string of the molecule is CC(OC(=O)C1=CNC=CC1)OC(=O)N(C)C(C)C(=O)c1ccc2c(c1)OCO2. The van der Waals surface area contributed by atoms with Crippen molar-refractivity contribution in [2.75, 3.05) is 13.8 Å². The van der Waals surface area contributed by atoms with E-state index in [0.717, 1.165) is 4.90 Å². The van der Waals surface area contributed by atoms with Gasteiger partial charge in [0.1, 0.15) is 0 Å². The van der Waals surface area contributed by atoms with Gasteiger partial charge in [0.25, 0.3) is 0 Å². The number of rotatable bonds is 6. The molecule has 0 fully saturated rings. The molecule has 3 rings (SSSR count). The molecule has 154 valence electrons. The summed E-state index contributed by atoms with van der Waals surface area (Å²) < 4.78 is 20.8. The summed E-state index contributed by atoms with van der Waals surface area (Å²) in [6.45, 7) is 3.12. The van der Waals surface area contributed by atoms with Crippen LogP contribution in [0.3, 0.4) is 0 Å². The van der Waals surface area contributed by atoms with E-state index >= 15 is 0 Å². The molecule has 2 unspecified atom stereocenters. The highest BCUT2D eigenvalue weighted by Crippen LogP contribution is 2.33. The fourth-order valence-corrected chi connectivity index (χ4v) is 2.70. The lowest BCUT2D eigenvalue weighted by Gasteiger charge is -2.25. The lowest BCUT2D eigenvalue weighted by atomic mass is 10.0. The van der Waals surface area contributed by atoms with Crippen LogP contribution in [0.1, 0.15) is 30.6 Å². The van der Waals surface area contributed by atoms with E-state index in [-0.39, 0.29) is 12.6 Å². The van der Waals surface area contributed by atoms with E-state index in [0.29, 0.717) is 29.1 Å². The Balaban J connectivity index is 1.55. The van der Waals surface area contributed by atoms with Gasteiger partial charge >= 0.3 is 12.1 Å². The van der Waals surface area contributed by atoms with Gasteiger partial charge in [-0.3, -0.25) is 4.79 Å². The van der Waals surface area contributed by atoms with Crippen molar-refractivity contribution in [3.8, 4) is 11.5 Å². The third-order valence-corrected chi connectivity index (χ3v) is 4.52. The normalized spacial score (nSPS) is 16.2. The fraction of sp³-hybridized carbons (Fsp3) is 0.350. The molecule has 1 aromatic rings. The molecule has 29 heavy (non-hydrogen) atoms. The van der Waals surface area contributed by atoms with Crippen molar-refractivity contribution in [3.05, 3.63) is 47.8 Å². The quantitative estimate of drug-likeness (QED) is 0.439. The van der Waals surface area contributed by atoms with Crippen LogP contribution in [0.2, 0.25) is 0 Å². The van der Waals surface area contributed by atoms with Crippen molar-refractivity contribution in [1.29, 1.82) is 0 Å². The van der Waals surface area contributed by atoms with Gasteiger partial charge in [-0.15, -0.1) is 0 Å². The van der Waals surface area contributed by atoms with E-state index in [9.17, 15) is 14.4 Å². The van der Waals surface area contributed by atoms with Gasteiger partial charge in [0, 0.05) is 32.2 Å². The molecule has 2 aliphatic heterocycles. The first-order chi connectivity index (χ1) is 13.9. The molecule has 0 spiro atoms. The maximum absolute atomic E-state index is 12.7. The number of carbonyl (C=O) groups is 3. The van der Waals surface area contributed by atoms with Crippen molar-refractivity contribution in [3.63, 3.8) is 0 Å². The highest BCUT2D eigenvalue weighted by molar-refractivity contribution is 6.01. The number of hydrogen-bond donors (Lipinski definition) is 1. The summed E-state index contributed by atoms with van der Waals surface area (Å²) >= 11 is 0. The minimum atomic E-state index is -1.11. The second-order valence-electron chi connectivity index (χ2n) is 6.52. The lowest BCUT2D eigenvalue weighted by Crippen LogP contribution is -2.42. The number of nitrogens with zero attached hydrogens (tertiary/aromatic N) is 1. The average Bonchev–Trinajstić information content (AvgIpc) is 3.20. The molecule has 9 nitrogen and oxygen atoms in total. The predicted octanol–water partition coefficient (Wildman–Crippen LogP) is 2.33. The number of dihydropyridines is 1. The molecule has 0 aromatic heterocycles. The second kappa shape index (κ2) is 8.68. The maximum Gasteiger partial charge on any atom is 0.413 e. The molecule has 1 aromatic carbocycles. The molecule has 0 radical (unpaired) electrons. The van der Waals surface area contributed by atoms with Crippen molar-refractivity contribution in [2.24, 2.45) is 0 Å². The minimum Gasteiger partial charge on any atom is -0.454 e. The molecule has 9 heteroatoms. The zero-order valence-corrected chi connectivity index (χ0v) is 16.3. The van der Waals surface area contributed by atoms with E-state index in [2.05, 4.69) is 5.32 Å².